The van der Waals surface area contributed by atoms with Crippen molar-refractivity contribution in [3.63, 3.8) is 0 Å². The number of ketones is 1. The first-order chi connectivity index (χ1) is 4.93. The lowest BCUT2D eigenvalue weighted by molar-refractivity contribution is -0.123. The number of carbonyl (C=O) groups is 1. The Morgan fingerprint density at radius 1 is 1.45 bits per heavy atom. The van der Waals surface area contributed by atoms with E-state index in [1.54, 1.807) is 0 Å². The zero-order chi connectivity index (χ0) is 9.07. The molecular formula is C9H19NO. The Kier molecular flexibility index (Phi) is 3.73. The van der Waals surface area contributed by atoms with Crippen LogP contribution in [0.3, 0.4) is 0 Å². The maximum Gasteiger partial charge on any atom is 0.149 e. The number of likely N-dealkylation sites (N-methyl/N-ethyl adjacent to an activating group) is 1. The predicted molar refractivity (Wildman–Crippen MR) is 47.6 cm³/mol. The van der Waals surface area contributed by atoms with Gasteiger partial charge in [0.1, 0.15) is 5.78 Å². The molecule has 66 valence electrons. The molecule has 0 radical (unpaired) electrons. The molecule has 0 aromatic rings. The van der Waals surface area contributed by atoms with Crippen molar-refractivity contribution in [2.24, 2.45) is 5.41 Å². The standard InChI is InChI=1S/C9H19NO/c1-6-7(11)8(10-5)9(2,3)4/h8,10H,6H2,1-5H3. The second-order valence-corrected chi connectivity index (χ2v) is 3.91. The predicted octanol–water partition coefficient (Wildman–Crippen LogP) is 1.60. The Balaban J connectivity index is 4.29. The first-order valence-corrected chi connectivity index (χ1v) is 4.13. The molecule has 2 heteroatoms. The molecule has 2 nitrogen and oxygen atoms in total. The van der Waals surface area contributed by atoms with Gasteiger partial charge in [-0.25, -0.2) is 0 Å². The zero-order valence-corrected chi connectivity index (χ0v) is 8.19. The molecule has 0 saturated heterocycles. The van der Waals surface area contributed by atoms with Gasteiger partial charge in [-0.3, -0.25) is 4.79 Å². The number of hydrogen-bond acceptors (Lipinski definition) is 2. The lowest BCUT2D eigenvalue weighted by Crippen LogP contribution is -2.44. The molecule has 11 heavy (non-hydrogen) atoms. The van der Waals surface area contributed by atoms with Crippen LogP contribution in [0.1, 0.15) is 34.1 Å². The Morgan fingerprint density at radius 3 is 2.00 bits per heavy atom. The molecule has 0 aliphatic carbocycles. The molecule has 0 saturated carbocycles. The second kappa shape index (κ2) is 3.86. The molecule has 0 spiro atoms. The van der Waals surface area contributed by atoms with E-state index in [0.717, 1.165) is 0 Å². The van der Waals surface area contributed by atoms with Gasteiger partial charge in [0, 0.05) is 6.42 Å². The molecule has 0 fully saturated rings. The van der Waals surface area contributed by atoms with Crippen LogP contribution in [0.25, 0.3) is 0 Å². The summed E-state index contributed by atoms with van der Waals surface area (Å²) in [6.07, 6.45) is 0.614. The first kappa shape index (κ1) is 10.6. The van der Waals surface area contributed by atoms with Crippen molar-refractivity contribution >= 4 is 5.78 Å². The lowest BCUT2D eigenvalue weighted by Gasteiger charge is -2.28. The van der Waals surface area contributed by atoms with Crippen LogP contribution in [0.15, 0.2) is 0 Å². The Labute approximate surface area is 69.4 Å². The van der Waals surface area contributed by atoms with Crippen molar-refractivity contribution in [1.29, 1.82) is 0 Å². The van der Waals surface area contributed by atoms with Crippen LogP contribution in [0, 0.1) is 5.41 Å². The molecule has 0 aliphatic rings. The van der Waals surface area contributed by atoms with E-state index in [9.17, 15) is 4.79 Å². The van der Waals surface area contributed by atoms with Crippen molar-refractivity contribution in [1.82, 2.24) is 5.32 Å². The molecule has 0 aliphatic heterocycles. The van der Waals surface area contributed by atoms with Crippen molar-refractivity contribution < 1.29 is 4.79 Å². The summed E-state index contributed by atoms with van der Waals surface area (Å²) in [7, 11) is 1.84. The van der Waals surface area contributed by atoms with Crippen LogP contribution in [0.2, 0.25) is 0 Å². The van der Waals surface area contributed by atoms with Crippen molar-refractivity contribution in [2.75, 3.05) is 7.05 Å². The summed E-state index contributed by atoms with van der Waals surface area (Å²) in [6.45, 7) is 8.11. The summed E-state index contributed by atoms with van der Waals surface area (Å²) >= 11 is 0. The van der Waals surface area contributed by atoms with Crippen LogP contribution >= 0.6 is 0 Å². The molecule has 0 aromatic heterocycles. The van der Waals surface area contributed by atoms with Crippen molar-refractivity contribution in [2.45, 2.75) is 40.2 Å². The molecule has 0 bridgehead atoms. The molecule has 0 aromatic carbocycles. The highest BCUT2D eigenvalue weighted by molar-refractivity contribution is 5.84. The average Bonchev–Trinajstić information content (AvgIpc) is 1.86. The maximum atomic E-state index is 11.3. The minimum atomic E-state index is -0.00694. The summed E-state index contributed by atoms with van der Waals surface area (Å²) in [5.74, 6) is 0.292. The number of hydrogen-bond donors (Lipinski definition) is 1. The van der Waals surface area contributed by atoms with Gasteiger partial charge in [-0.15, -0.1) is 0 Å². The Morgan fingerprint density at radius 2 is 1.91 bits per heavy atom. The van der Waals surface area contributed by atoms with E-state index in [4.69, 9.17) is 0 Å². The molecule has 0 rings (SSSR count). The third-order valence-electron chi connectivity index (χ3n) is 1.83. The first-order valence-electron chi connectivity index (χ1n) is 4.13. The van der Waals surface area contributed by atoms with Crippen molar-refractivity contribution in [3.05, 3.63) is 0 Å². The van der Waals surface area contributed by atoms with E-state index in [-0.39, 0.29) is 11.5 Å². The van der Waals surface area contributed by atoms with E-state index in [1.165, 1.54) is 0 Å². The Bertz CT molecular complexity index is 135. The summed E-state index contributed by atoms with van der Waals surface area (Å²) in [4.78, 5) is 11.3. The lowest BCUT2D eigenvalue weighted by atomic mass is 9.83. The quantitative estimate of drug-likeness (QED) is 0.674. The van der Waals surface area contributed by atoms with Crippen LogP contribution in [0.5, 0.6) is 0 Å². The number of rotatable bonds is 3. The summed E-state index contributed by atoms with van der Waals surface area (Å²) < 4.78 is 0. The number of carbonyl (C=O) groups excluding carboxylic acids is 1. The fourth-order valence-corrected chi connectivity index (χ4v) is 1.28. The van der Waals surface area contributed by atoms with E-state index in [1.807, 2.05) is 14.0 Å². The van der Waals surface area contributed by atoms with Gasteiger partial charge >= 0.3 is 0 Å². The van der Waals surface area contributed by atoms with E-state index in [0.29, 0.717) is 12.2 Å². The topological polar surface area (TPSA) is 29.1 Å². The van der Waals surface area contributed by atoms with Gasteiger partial charge in [0.15, 0.2) is 0 Å². The van der Waals surface area contributed by atoms with E-state index < -0.39 is 0 Å². The summed E-state index contributed by atoms with van der Waals surface area (Å²) in [6, 6.07) is -0.00694. The van der Waals surface area contributed by atoms with Crippen LogP contribution < -0.4 is 5.32 Å². The fourth-order valence-electron chi connectivity index (χ4n) is 1.28. The smallest absolute Gasteiger partial charge is 0.149 e. The van der Waals surface area contributed by atoms with Gasteiger partial charge < -0.3 is 5.32 Å². The molecule has 0 amide bonds. The second-order valence-electron chi connectivity index (χ2n) is 3.91. The highest BCUT2D eigenvalue weighted by Gasteiger charge is 2.27. The summed E-state index contributed by atoms with van der Waals surface area (Å²) in [5.41, 5.74) is 0.0296. The Hall–Kier alpha value is -0.370. The molecule has 1 atom stereocenters. The third-order valence-corrected chi connectivity index (χ3v) is 1.83. The highest BCUT2D eigenvalue weighted by atomic mass is 16.1. The SMILES string of the molecule is CCC(=O)C(NC)C(C)(C)C. The molecule has 1 N–H and O–H groups in total. The average molecular weight is 157 g/mol. The zero-order valence-electron chi connectivity index (χ0n) is 8.19. The van der Waals surface area contributed by atoms with Gasteiger partial charge in [-0.2, -0.15) is 0 Å². The summed E-state index contributed by atoms with van der Waals surface area (Å²) in [5, 5.41) is 3.04. The van der Waals surface area contributed by atoms with Gasteiger partial charge in [-0.1, -0.05) is 27.7 Å². The normalized spacial score (nSPS) is 14.6. The fraction of sp³-hybridized carbons (Fsp3) is 0.889. The van der Waals surface area contributed by atoms with Gasteiger partial charge in [0.25, 0.3) is 0 Å². The van der Waals surface area contributed by atoms with Crippen LogP contribution in [-0.2, 0) is 4.79 Å². The largest absolute Gasteiger partial charge is 0.310 e. The van der Waals surface area contributed by atoms with Crippen LogP contribution in [-0.4, -0.2) is 18.9 Å². The highest BCUT2D eigenvalue weighted by Crippen LogP contribution is 2.20. The number of Topliss-reactive ketones (excluding diaryl/α,β-unsaturated/α-hetero) is 1. The van der Waals surface area contributed by atoms with Crippen molar-refractivity contribution in [3.8, 4) is 0 Å². The van der Waals surface area contributed by atoms with E-state index >= 15 is 0 Å². The molecule has 1 unspecified atom stereocenters. The maximum absolute atomic E-state index is 11.3. The van der Waals surface area contributed by atoms with E-state index in [2.05, 4.69) is 26.1 Å². The monoisotopic (exact) mass is 157 g/mol. The molecular weight excluding hydrogens is 138 g/mol. The van der Waals surface area contributed by atoms with Gasteiger partial charge in [0.2, 0.25) is 0 Å². The minimum Gasteiger partial charge on any atom is -0.310 e. The van der Waals surface area contributed by atoms with Gasteiger partial charge in [0.05, 0.1) is 6.04 Å². The molecule has 0 heterocycles. The number of nitrogens with one attached hydrogen (secondary N) is 1. The minimum absolute atomic E-state index is 0.00694. The van der Waals surface area contributed by atoms with Gasteiger partial charge in [-0.05, 0) is 12.5 Å². The van der Waals surface area contributed by atoms with Crippen LogP contribution in [0.4, 0.5) is 0 Å². The third kappa shape index (κ3) is 3.02.